The predicted octanol–water partition coefficient (Wildman–Crippen LogP) is 4.58. The summed E-state index contributed by atoms with van der Waals surface area (Å²) < 4.78 is 0. The van der Waals surface area contributed by atoms with Gasteiger partial charge in [0.2, 0.25) is 5.91 Å². The van der Waals surface area contributed by atoms with Crippen molar-refractivity contribution >= 4 is 5.91 Å². The summed E-state index contributed by atoms with van der Waals surface area (Å²) in [7, 11) is 0. The van der Waals surface area contributed by atoms with Crippen molar-refractivity contribution in [2.24, 2.45) is 11.8 Å². The number of aromatic amines is 2. The lowest BCUT2D eigenvalue weighted by Gasteiger charge is -2.27. The minimum Gasteiger partial charge on any atom is -0.341 e. The molecule has 2 saturated heterocycles. The first-order chi connectivity index (χ1) is 18.0. The van der Waals surface area contributed by atoms with E-state index in [1.54, 1.807) is 6.20 Å². The molecule has 3 unspecified atom stereocenters. The van der Waals surface area contributed by atoms with Crippen molar-refractivity contribution < 1.29 is 4.79 Å². The van der Waals surface area contributed by atoms with E-state index < -0.39 is 0 Å². The quantitative estimate of drug-likeness (QED) is 0.453. The van der Waals surface area contributed by atoms with Crippen LogP contribution in [0, 0.1) is 35.5 Å². The fourth-order valence-corrected chi connectivity index (χ4v) is 4.94. The fourth-order valence-electron chi connectivity index (χ4n) is 4.94. The molecule has 1 amide bonds. The van der Waals surface area contributed by atoms with E-state index >= 15 is 0 Å². The van der Waals surface area contributed by atoms with Crippen LogP contribution in [0.3, 0.4) is 0 Å². The van der Waals surface area contributed by atoms with Gasteiger partial charge in [-0.1, -0.05) is 38.8 Å². The number of carbonyl (C=O) groups excluding carboxylic acids is 1. The van der Waals surface area contributed by atoms with Gasteiger partial charge in [-0.2, -0.15) is 0 Å². The highest BCUT2D eigenvalue weighted by atomic mass is 16.2. The summed E-state index contributed by atoms with van der Waals surface area (Å²) in [5.74, 6) is 14.3. The lowest BCUT2D eigenvalue weighted by molar-refractivity contribution is -0.137. The smallest absolute Gasteiger partial charge is 0.226 e. The Hall–Kier alpha value is -3.81. The molecule has 3 atom stereocenters. The number of imidazole rings is 2. The Balaban J connectivity index is 1.20. The van der Waals surface area contributed by atoms with Gasteiger partial charge in [-0.3, -0.25) is 4.79 Å². The molecule has 3 aromatic rings. The number of benzene rings is 1. The third-order valence-electron chi connectivity index (χ3n) is 7.48. The minimum absolute atomic E-state index is 0.00495. The number of carbonyl (C=O) groups is 1. The van der Waals surface area contributed by atoms with E-state index in [-0.39, 0.29) is 17.9 Å². The van der Waals surface area contributed by atoms with E-state index in [2.05, 4.69) is 62.8 Å². The largest absolute Gasteiger partial charge is 0.341 e. The topological polar surface area (TPSA) is 89.7 Å². The third kappa shape index (κ3) is 5.63. The van der Waals surface area contributed by atoms with Gasteiger partial charge in [-0.15, -0.1) is 0 Å². The summed E-state index contributed by atoms with van der Waals surface area (Å²) in [5, 5.41) is 3.47. The highest BCUT2D eigenvalue weighted by molar-refractivity contribution is 5.79. The van der Waals surface area contributed by atoms with Crippen molar-refractivity contribution in [3.8, 4) is 34.9 Å². The monoisotopic (exact) mass is 494 g/mol. The van der Waals surface area contributed by atoms with Crippen LogP contribution in [0.5, 0.6) is 0 Å². The highest BCUT2D eigenvalue weighted by Gasteiger charge is 2.34. The molecule has 0 spiro atoms. The van der Waals surface area contributed by atoms with E-state index in [0.717, 1.165) is 60.8 Å². The molecular weight excluding hydrogens is 460 g/mol. The fraction of sp³-hybridized carbons (Fsp3) is 0.433. The summed E-state index contributed by atoms with van der Waals surface area (Å²) in [4.78, 5) is 30.7. The van der Waals surface area contributed by atoms with Gasteiger partial charge >= 0.3 is 0 Å². The second-order valence-electron chi connectivity index (χ2n) is 10.3. The van der Waals surface area contributed by atoms with Crippen molar-refractivity contribution in [1.82, 2.24) is 30.2 Å². The molecule has 1 aromatic carbocycles. The average Bonchev–Trinajstić information content (AvgIpc) is 3.72. The van der Waals surface area contributed by atoms with Crippen LogP contribution in [0.25, 0.3) is 11.3 Å². The van der Waals surface area contributed by atoms with Crippen molar-refractivity contribution in [3.63, 3.8) is 0 Å². The maximum absolute atomic E-state index is 12.9. The molecule has 37 heavy (non-hydrogen) atoms. The van der Waals surface area contributed by atoms with Crippen LogP contribution < -0.4 is 5.32 Å². The second kappa shape index (κ2) is 11.1. The zero-order chi connectivity index (χ0) is 25.8. The number of hydrogen-bond acceptors (Lipinski definition) is 4. The van der Waals surface area contributed by atoms with E-state index in [4.69, 9.17) is 0 Å². The molecule has 0 saturated carbocycles. The lowest BCUT2D eigenvalue weighted by Crippen LogP contribution is -2.36. The summed E-state index contributed by atoms with van der Waals surface area (Å²) in [6, 6.07) is 8.41. The predicted molar refractivity (Wildman–Crippen MR) is 144 cm³/mol. The normalized spacial score (nSPS) is 19.8. The Bertz CT molecular complexity index is 1350. The number of aromatic nitrogens is 4. The molecule has 2 aromatic heterocycles. The zero-order valence-corrected chi connectivity index (χ0v) is 21.8. The van der Waals surface area contributed by atoms with Crippen LogP contribution >= 0.6 is 0 Å². The first-order valence-corrected chi connectivity index (χ1v) is 13.3. The van der Waals surface area contributed by atoms with E-state index in [0.29, 0.717) is 17.7 Å². The van der Waals surface area contributed by atoms with Gasteiger partial charge in [0.15, 0.2) is 0 Å². The van der Waals surface area contributed by atoms with Gasteiger partial charge in [-0.05, 0) is 73.6 Å². The highest BCUT2D eigenvalue weighted by Crippen LogP contribution is 2.32. The van der Waals surface area contributed by atoms with Crippen LogP contribution in [-0.4, -0.2) is 43.8 Å². The molecule has 2 fully saturated rings. The van der Waals surface area contributed by atoms with Crippen molar-refractivity contribution in [2.75, 3.05) is 13.1 Å². The number of rotatable bonds is 5. The molecule has 7 nitrogen and oxygen atoms in total. The minimum atomic E-state index is -0.00535. The average molecular weight is 495 g/mol. The van der Waals surface area contributed by atoms with Gasteiger partial charge in [0.1, 0.15) is 17.3 Å². The Morgan fingerprint density at radius 3 is 2.51 bits per heavy atom. The number of amides is 1. The van der Waals surface area contributed by atoms with Crippen LogP contribution in [0.4, 0.5) is 0 Å². The third-order valence-corrected chi connectivity index (χ3v) is 7.48. The summed E-state index contributed by atoms with van der Waals surface area (Å²) in [6.07, 6.45) is 7.85. The van der Waals surface area contributed by atoms with Gasteiger partial charge in [0, 0.05) is 18.0 Å². The molecule has 190 valence electrons. The van der Waals surface area contributed by atoms with Crippen LogP contribution in [-0.2, 0) is 4.79 Å². The van der Waals surface area contributed by atoms with Crippen molar-refractivity contribution in [2.45, 2.75) is 58.5 Å². The lowest BCUT2D eigenvalue weighted by atomic mass is 9.96. The zero-order valence-electron chi connectivity index (χ0n) is 21.8. The molecule has 3 N–H and O–H groups in total. The van der Waals surface area contributed by atoms with Crippen LogP contribution in [0.15, 0.2) is 36.7 Å². The van der Waals surface area contributed by atoms with E-state index in [1.165, 1.54) is 6.42 Å². The molecule has 2 aliphatic rings. The van der Waals surface area contributed by atoms with Crippen molar-refractivity contribution in [3.05, 3.63) is 59.6 Å². The molecule has 5 rings (SSSR count). The maximum atomic E-state index is 12.9. The summed E-state index contributed by atoms with van der Waals surface area (Å²) >= 11 is 0. The number of nitrogens with one attached hydrogen (secondary N) is 3. The Morgan fingerprint density at radius 2 is 1.76 bits per heavy atom. The molecule has 0 bridgehead atoms. The standard InChI is InChI=1S/C30H34N6O/c1-20(2)21(3)30(37)36-17-7-11-27(36)29-32-18-24(34-29)9-5-4-8-22-12-14-23(15-13-22)26-19-33-28(35-26)25-10-6-16-31-25/h12-15,18-21,25,27,31H,6-7,10-11,16-17H2,1-3H3,(H,32,34)(H,33,35). The van der Waals surface area contributed by atoms with Gasteiger partial charge in [0.05, 0.1) is 30.2 Å². The molecule has 0 radical (unpaired) electrons. The molecular formula is C30H34N6O. The molecule has 0 aliphatic carbocycles. The Labute approximate surface area is 218 Å². The van der Waals surface area contributed by atoms with Gasteiger partial charge in [0.25, 0.3) is 0 Å². The van der Waals surface area contributed by atoms with Crippen LogP contribution in [0.1, 0.15) is 81.4 Å². The van der Waals surface area contributed by atoms with E-state index in [1.807, 2.05) is 42.3 Å². The molecule has 4 heterocycles. The second-order valence-corrected chi connectivity index (χ2v) is 10.3. The Kier molecular flexibility index (Phi) is 7.44. The number of nitrogens with zero attached hydrogens (tertiary/aromatic N) is 3. The number of H-pyrrole nitrogens is 2. The van der Waals surface area contributed by atoms with Gasteiger partial charge < -0.3 is 20.2 Å². The maximum Gasteiger partial charge on any atom is 0.226 e. The molecule has 7 heteroatoms. The Morgan fingerprint density at radius 1 is 0.973 bits per heavy atom. The molecule has 2 aliphatic heterocycles. The number of hydrogen-bond donors (Lipinski definition) is 3. The summed E-state index contributed by atoms with van der Waals surface area (Å²) in [6.45, 7) is 8.03. The van der Waals surface area contributed by atoms with E-state index in [9.17, 15) is 4.79 Å². The first-order valence-electron chi connectivity index (χ1n) is 13.3. The van der Waals surface area contributed by atoms with Crippen LogP contribution in [0.2, 0.25) is 0 Å². The van der Waals surface area contributed by atoms with Crippen molar-refractivity contribution in [1.29, 1.82) is 0 Å². The number of likely N-dealkylation sites (tertiary alicyclic amines) is 1. The first kappa shape index (κ1) is 24.9. The summed E-state index contributed by atoms with van der Waals surface area (Å²) in [5.41, 5.74) is 3.71. The SMILES string of the molecule is CC(C)C(C)C(=O)N1CCCC1c1ncc(C#CC#Cc2ccc(-c3cnc(C4CCCN4)[nH]3)cc2)[nH]1. The van der Waals surface area contributed by atoms with Gasteiger partial charge in [-0.25, -0.2) is 9.97 Å².